The van der Waals surface area contributed by atoms with Crippen molar-refractivity contribution in [3.63, 3.8) is 0 Å². The Labute approximate surface area is 145 Å². The first kappa shape index (κ1) is 15.8. The molecule has 2 aromatic rings. The van der Waals surface area contributed by atoms with Crippen molar-refractivity contribution in [2.45, 2.75) is 38.2 Å². The van der Waals surface area contributed by atoms with Crippen molar-refractivity contribution in [3.8, 4) is 17.7 Å². The minimum atomic E-state index is -0.0845. The molecule has 0 N–H and O–H groups in total. The third-order valence-electron chi connectivity index (χ3n) is 4.90. The van der Waals surface area contributed by atoms with Crippen molar-refractivity contribution in [2.24, 2.45) is 5.92 Å². The average molecular weight is 341 g/mol. The van der Waals surface area contributed by atoms with E-state index in [-0.39, 0.29) is 23.7 Å². The summed E-state index contributed by atoms with van der Waals surface area (Å²) in [5, 5.41) is 9.33. The molecule has 1 aliphatic heterocycles. The summed E-state index contributed by atoms with van der Waals surface area (Å²) in [4.78, 5) is 18.4. The average Bonchev–Trinajstić information content (AvgIpc) is 3.27. The van der Waals surface area contributed by atoms with Gasteiger partial charge in [-0.25, -0.2) is 0 Å². The van der Waals surface area contributed by atoms with Gasteiger partial charge >= 0.3 is 5.97 Å². The van der Waals surface area contributed by atoms with Gasteiger partial charge in [-0.15, -0.1) is 0 Å². The largest absolute Gasteiger partial charge is 0.462 e. The molecule has 0 atom stereocenters. The molecule has 130 valence electrons. The van der Waals surface area contributed by atoms with E-state index in [2.05, 4.69) is 11.1 Å². The molecule has 7 nitrogen and oxygen atoms in total. The molecule has 3 heterocycles. The van der Waals surface area contributed by atoms with Gasteiger partial charge in [-0.05, 0) is 44.2 Å². The SMILES string of the molecule is N#Cc1nc(-c2ccco2)oc1N1CCC(C(=O)OC2CCC2)CC1. The molecule has 0 spiro atoms. The Morgan fingerprint density at radius 3 is 2.72 bits per heavy atom. The number of nitriles is 1. The van der Waals surface area contributed by atoms with Crippen LogP contribution >= 0.6 is 0 Å². The van der Waals surface area contributed by atoms with Gasteiger partial charge in [0.2, 0.25) is 11.6 Å². The number of hydrogen-bond donors (Lipinski definition) is 0. The highest BCUT2D eigenvalue weighted by molar-refractivity contribution is 5.73. The van der Waals surface area contributed by atoms with Crippen molar-refractivity contribution in [3.05, 3.63) is 24.1 Å². The zero-order valence-electron chi connectivity index (χ0n) is 13.8. The molecule has 2 fully saturated rings. The Morgan fingerprint density at radius 1 is 1.32 bits per heavy atom. The van der Waals surface area contributed by atoms with Gasteiger partial charge in [0.1, 0.15) is 12.2 Å². The van der Waals surface area contributed by atoms with E-state index in [9.17, 15) is 10.1 Å². The second-order valence-corrected chi connectivity index (χ2v) is 6.51. The maximum atomic E-state index is 12.2. The highest BCUT2D eigenvalue weighted by atomic mass is 16.5. The molecular weight excluding hydrogens is 322 g/mol. The highest BCUT2D eigenvalue weighted by Crippen LogP contribution is 2.32. The summed E-state index contributed by atoms with van der Waals surface area (Å²) in [6.07, 6.45) is 6.16. The quantitative estimate of drug-likeness (QED) is 0.789. The molecule has 0 radical (unpaired) electrons. The Balaban J connectivity index is 1.42. The Bertz CT molecular complexity index is 778. The van der Waals surface area contributed by atoms with Crippen LogP contribution in [-0.2, 0) is 9.53 Å². The van der Waals surface area contributed by atoms with E-state index >= 15 is 0 Å². The summed E-state index contributed by atoms with van der Waals surface area (Å²) in [6.45, 7) is 1.26. The zero-order chi connectivity index (χ0) is 17.2. The highest BCUT2D eigenvalue weighted by Gasteiger charge is 2.32. The minimum Gasteiger partial charge on any atom is -0.462 e. The number of carbonyl (C=O) groups excluding carboxylic acids is 1. The van der Waals surface area contributed by atoms with Crippen molar-refractivity contribution < 1.29 is 18.4 Å². The summed E-state index contributed by atoms with van der Waals surface area (Å²) in [6, 6.07) is 5.55. The number of oxazole rings is 1. The lowest BCUT2D eigenvalue weighted by molar-refractivity contribution is -0.158. The summed E-state index contributed by atoms with van der Waals surface area (Å²) < 4.78 is 16.5. The number of carbonyl (C=O) groups is 1. The van der Waals surface area contributed by atoms with Crippen LogP contribution in [0.25, 0.3) is 11.7 Å². The Kier molecular flexibility index (Phi) is 4.18. The fourth-order valence-electron chi connectivity index (χ4n) is 3.17. The van der Waals surface area contributed by atoms with Crippen LogP contribution < -0.4 is 4.90 Å². The summed E-state index contributed by atoms with van der Waals surface area (Å²) in [5.41, 5.74) is 0.238. The van der Waals surface area contributed by atoms with Crippen molar-refractivity contribution in [1.29, 1.82) is 5.26 Å². The topological polar surface area (TPSA) is 92.5 Å². The van der Waals surface area contributed by atoms with Crippen LogP contribution in [0.5, 0.6) is 0 Å². The summed E-state index contributed by atoms with van der Waals surface area (Å²) in [7, 11) is 0. The van der Waals surface area contributed by atoms with Gasteiger partial charge in [-0.2, -0.15) is 10.2 Å². The number of nitrogens with zero attached hydrogens (tertiary/aromatic N) is 3. The predicted octanol–water partition coefficient (Wildman–Crippen LogP) is 3.12. The molecule has 1 saturated heterocycles. The summed E-state index contributed by atoms with van der Waals surface area (Å²) in [5.74, 6) is 1.07. The fourth-order valence-corrected chi connectivity index (χ4v) is 3.17. The van der Waals surface area contributed by atoms with Crippen LogP contribution in [0.2, 0.25) is 0 Å². The van der Waals surface area contributed by atoms with Gasteiger partial charge in [-0.3, -0.25) is 4.79 Å². The van der Waals surface area contributed by atoms with Crippen LogP contribution in [0.15, 0.2) is 27.2 Å². The third-order valence-corrected chi connectivity index (χ3v) is 4.90. The lowest BCUT2D eigenvalue weighted by atomic mass is 9.94. The van der Waals surface area contributed by atoms with E-state index < -0.39 is 0 Å². The monoisotopic (exact) mass is 341 g/mol. The van der Waals surface area contributed by atoms with E-state index in [0.717, 1.165) is 19.3 Å². The van der Waals surface area contributed by atoms with E-state index in [4.69, 9.17) is 13.6 Å². The number of hydrogen-bond acceptors (Lipinski definition) is 7. The van der Waals surface area contributed by atoms with E-state index in [1.54, 1.807) is 12.1 Å². The molecule has 2 aromatic heterocycles. The third kappa shape index (κ3) is 3.12. The number of aromatic nitrogens is 1. The van der Waals surface area contributed by atoms with Gasteiger partial charge in [0, 0.05) is 13.1 Å². The van der Waals surface area contributed by atoms with Crippen molar-refractivity contribution in [1.82, 2.24) is 4.98 Å². The standard InChI is InChI=1S/C18H19N3O4/c19-11-14-17(25-16(20-14)15-5-2-10-23-15)21-8-6-12(7-9-21)18(22)24-13-3-1-4-13/h2,5,10,12-13H,1,3-4,6-9H2. The fraction of sp³-hybridized carbons (Fsp3) is 0.500. The zero-order valence-corrected chi connectivity index (χ0v) is 13.8. The Hall–Kier alpha value is -2.75. The number of rotatable bonds is 4. The second kappa shape index (κ2) is 6.63. The smallest absolute Gasteiger partial charge is 0.309 e. The number of furan rings is 1. The molecule has 4 rings (SSSR count). The van der Waals surface area contributed by atoms with Crippen LogP contribution in [-0.4, -0.2) is 30.1 Å². The lowest BCUT2D eigenvalue weighted by Gasteiger charge is -2.32. The molecular formula is C18H19N3O4. The van der Waals surface area contributed by atoms with E-state index in [1.165, 1.54) is 6.26 Å². The second-order valence-electron chi connectivity index (χ2n) is 6.51. The molecule has 1 aliphatic carbocycles. The molecule has 2 aliphatic rings. The minimum absolute atomic E-state index is 0.0742. The van der Waals surface area contributed by atoms with Crippen molar-refractivity contribution in [2.75, 3.05) is 18.0 Å². The molecule has 0 unspecified atom stereocenters. The first-order valence-corrected chi connectivity index (χ1v) is 8.65. The molecule has 1 saturated carbocycles. The summed E-state index contributed by atoms with van der Waals surface area (Å²) >= 11 is 0. The van der Waals surface area contributed by atoms with Crippen LogP contribution in [0, 0.1) is 17.2 Å². The number of anilines is 1. The number of ether oxygens (including phenoxy) is 1. The molecule has 25 heavy (non-hydrogen) atoms. The predicted molar refractivity (Wildman–Crippen MR) is 87.6 cm³/mol. The first-order chi connectivity index (χ1) is 12.2. The Morgan fingerprint density at radius 2 is 2.12 bits per heavy atom. The normalized spacial score (nSPS) is 18.6. The number of piperidine rings is 1. The van der Waals surface area contributed by atoms with Gasteiger partial charge in [0.15, 0.2) is 5.76 Å². The van der Waals surface area contributed by atoms with Crippen LogP contribution in [0.3, 0.4) is 0 Å². The van der Waals surface area contributed by atoms with Gasteiger partial charge in [-0.1, -0.05) is 0 Å². The molecule has 0 aromatic carbocycles. The van der Waals surface area contributed by atoms with Gasteiger partial charge < -0.3 is 18.5 Å². The maximum Gasteiger partial charge on any atom is 0.309 e. The first-order valence-electron chi connectivity index (χ1n) is 8.65. The van der Waals surface area contributed by atoms with Crippen LogP contribution in [0.4, 0.5) is 5.88 Å². The molecule has 0 bridgehead atoms. The molecule has 7 heteroatoms. The van der Waals surface area contributed by atoms with E-state index in [1.807, 2.05) is 4.90 Å². The van der Waals surface area contributed by atoms with Crippen LogP contribution in [0.1, 0.15) is 37.8 Å². The van der Waals surface area contributed by atoms with Gasteiger partial charge in [0.05, 0.1) is 12.2 Å². The van der Waals surface area contributed by atoms with Crippen molar-refractivity contribution >= 4 is 11.9 Å². The maximum absolute atomic E-state index is 12.2. The van der Waals surface area contributed by atoms with Gasteiger partial charge in [0.25, 0.3) is 5.89 Å². The lowest BCUT2D eigenvalue weighted by Crippen LogP contribution is -2.38. The number of esters is 1. The van der Waals surface area contributed by atoms with E-state index in [0.29, 0.717) is 43.5 Å². The molecule has 0 amide bonds.